The fourth-order valence-corrected chi connectivity index (χ4v) is 2.37. The molecule has 1 amide bonds. The van der Waals surface area contributed by atoms with E-state index in [-0.39, 0.29) is 6.09 Å². The molecule has 0 aromatic carbocycles. The van der Waals surface area contributed by atoms with Crippen LogP contribution in [0.3, 0.4) is 0 Å². The van der Waals surface area contributed by atoms with Crippen molar-refractivity contribution in [2.45, 2.75) is 64.2 Å². The van der Waals surface area contributed by atoms with Crippen LogP contribution in [-0.2, 0) is 9.47 Å². The van der Waals surface area contributed by atoms with Crippen molar-refractivity contribution >= 4 is 6.09 Å². The molecule has 118 valence electrons. The molecule has 1 saturated carbocycles. The number of nitrogens with one attached hydrogen (secondary N) is 1. The van der Waals surface area contributed by atoms with E-state index >= 15 is 0 Å². The Morgan fingerprint density at radius 2 is 1.85 bits per heavy atom. The molecule has 5 nitrogen and oxygen atoms in total. The third-order valence-corrected chi connectivity index (χ3v) is 3.59. The summed E-state index contributed by atoms with van der Waals surface area (Å²) in [5, 5.41) is 3.51. The smallest absolute Gasteiger partial charge is 0.410 e. The van der Waals surface area contributed by atoms with Crippen LogP contribution in [0.5, 0.6) is 0 Å². The second-order valence-corrected chi connectivity index (χ2v) is 6.57. The molecular weight excluding hydrogens is 256 g/mol. The molecule has 0 bridgehead atoms. The van der Waals surface area contributed by atoms with Crippen LogP contribution in [0.4, 0.5) is 4.79 Å². The number of nitrogens with zero attached hydrogens (tertiary/aromatic N) is 1. The minimum atomic E-state index is -0.433. The molecule has 0 unspecified atom stereocenters. The van der Waals surface area contributed by atoms with E-state index in [0.29, 0.717) is 18.7 Å². The number of ether oxygens (including phenoxy) is 2. The zero-order chi connectivity index (χ0) is 15.2. The second-order valence-electron chi connectivity index (χ2n) is 6.57. The molecule has 1 aliphatic carbocycles. The van der Waals surface area contributed by atoms with Crippen molar-refractivity contribution in [1.82, 2.24) is 10.2 Å². The molecule has 5 heteroatoms. The normalized spacial score (nSPS) is 23.4. The Morgan fingerprint density at radius 1 is 1.25 bits per heavy atom. The van der Waals surface area contributed by atoms with Crippen LogP contribution in [0.25, 0.3) is 0 Å². The van der Waals surface area contributed by atoms with Gasteiger partial charge in [0.15, 0.2) is 0 Å². The molecule has 0 aromatic heterocycles. The lowest BCUT2D eigenvalue weighted by Crippen LogP contribution is -2.41. The van der Waals surface area contributed by atoms with Gasteiger partial charge in [-0.15, -0.1) is 0 Å². The van der Waals surface area contributed by atoms with Gasteiger partial charge in [0, 0.05) is 33.3 Å². The number of amides is 1. The predicted molar refractivity (Wildman–Crippen MR) is 79.9 cm³/mol. The molecule has 1 N–H and O–H groups in total. The Kier molecular flexibility index (Phi) is 6.76. The van der Waals surface area contributed by atoms with E-state index < -0.39 is 5.60 Å². The van der Waals surface area contributed by atoms with Crippen molar-refractivity contribution < 1.29 is 14.3 Å². The maximum atomic E-state index is 11.8. The summed E-state index contributed by atoms with van der Waals surface area (Å²) < 4.78 is 10.7. The van der Waals surface area contributed by atoms with Gasteiger partial charge >= 0.3 is 6.09 Å². The van der Waals surface area contributed by atoms with Gasteiger partial charge in [0.1, 0.15) is 5.60 Å². The number of methoxy groups -OCH3 is 1. The van der Waals surface area contributed by atoms with Crippen LogP contribution in [0, 0.1) is 0 Å². The fourth-order valence-electron chi connectivity index (χ4n) is 2.37. The molecule has 0 heterocycles. The standard InChI is InChI=1S/C15H30N2O3/c1-15(2,3)20-14(18)17(4)11-10-16-12-6-8-13(19-5)9-7-12/h12-13,16H,6-11H2,1-5H3. The molecule has 1 rings (SSSR count). The van der Waals surface area contributed by atoms with E-state index in [9.17, 15) is 4.79 Å². The minimum Gasteiger partial charge on any atom is -0.444 e. The molecule has 20 heavy (non-hydrogen) atoms. The molecule has 1 fully saturated rings. The molecule has 0 aliphatic heterocycles. The summed E-state index contributed by atoms with van der Waals surface area (Å²) in [6.07, 6.45) is 4.70. The minimum absolute atomic E-state index is 0.262. The van der Waals surface area contributed by atoms with Gasteiger partial charge in [-0.25, -0.2) is 4.79 Å². The quantitative estimate of drug-likeness (QED) is 0.843. The third kappa shape index (κ3) is 6.57. The first-order valence-corrected chi connectivity index (χ1v) is 7.52. The summed E-state index contributed by atoms with van der Waals surface area (Å²) in [5.74, 6) is 0. The summed E-state index contributed by atoms with van der Waals surface area (Å²) in [7, 11) is 3.56. The first-order valence-electron chi connectivity index (χ1n) is 7.52. The van der Waals surface area contributed by atoms with E-state index in [2.05, 4.69) is 5.32 Å². The largest absolute Gasteiger partial charge is 0.444 e. The molecule has 0 aromatic rings. The number of rotatable bonds is 5. The highest BCUT2D eigenvalue weighted by molar-refractivity contribution is 5.67. The van der Waals surface area contributed by atoms with Gasteiger partial charge in [-0.1, -0.05) is 0 Å². The van der Waals surface area contributed by atoms with E-state index in [1.807, 2.05) is 20.8 Å². The highest BCUT2D eigenvalue weighted by atomic mass is 16.6. The number of likely N-dealkylation sites (N-methyl/N-ethyl adjacent to an activating group) is 1. The van der Waals surface area contributed by atoms with Gasteiger partial charge in [0.25, 0.3) is 0 Å². The van der Waals surface area contributed by atoms with Crippen LogP contribution in [0.15, 0.2) is 0 Å². The van der Waals surface area contributed by atoms with Crippen LogP contribution in [-0.4, -0.2) is 56.0 Å². The lowest BCUT2D eigenvalue weighted by atomic mass is 9.93. The summed E-state index contributed by atoms with van der Waals surface area (Å²) in [6.45, 7) is 7.11. The lowest BCUT2D eigenvalue weighted by Gasteiger charge is -2.29. The third-order valence-electron chi connectivity index (χ3n) is 3.59. The Labute approximate surface area is 123 Å². The first kappa shape index (κ1) is 17.2. The van der Waals surface area contributed by atoms with Crippen molar-refractivity contribution in [3.8, 4) is 0 Å². The van der Waals surface area contributed by atoms with Crippen LogP contribution in [0.2, 0.25) is 0 Å². The Morgan fingerprint density at radius 3 is 2.35 bits per heavy atom. The van der Waals surface area contributed by atoms with Gasteiger partial charge in [0.2, 0.25) is 0 Å². The number of carbonyl (C=O) groups excluding carboxylic acids is 1. The summed E-state index contributed by atoms with van der Waals surface area (Å²) in [4.78, 5) is 13.4. The second kappa shape index (κ2) is 7.84. The maximum absolute atomic E-state index is 11.8. The SMILES string of the molecule is COC1CCC(NCCN(C)C(=O)OC(C)(C)C)CC1. The molecule has 0 radical (unpaired) electrons. The van der Waals surface area contributed by atoms with Crippen molar-refractivity contribution in [3.63, 3.8) is 0 Å². The number of hydrogen-bond acceptors (Lipinski definition) is 4. The predicted octanol–water partition coefficient (Wildman–Crippen LogP) is 2.40. The Balaban J connectivity index is 2.16. The highest BCUT2D eigenvalue weighted by Crippen LogP contribution is 2.20. The van der Waals surface area contributed by atoms with E-state index in [1.165, 1.54) is 0 Å². The zero-order valence-corrected chi connectivity index (χ0v) is 13.6. The van der Waals surface area contributed by atoms with Gasteiger partial charge < -0.3 is 19.7 Å². The summed E-state index contributed by atoms with van der Waals surface area (Å²) in [6, 6.07) is 0.549. The summed E-state index contributed by atoms with van der Waals surface area (Å²) >= 11 is 0. The molecule has 0 atom stereocenters. The van der Waals surface area contributed by atoms with E-state index in [4.69, 9.17) is 9.47 Å². The van der Waals surface area contributed by atoms with Crippen LogP contribution in [0.1, 0.15) is 46.5 Å². The lowest BCUT2D eigenvalue weighted by molar-refractivity contribution is 0.0296. The highest BCUT2D eigenvalue weighted by Gasteiger charge is 2.21. The van der Waals surface area contributed by atoms with Gasteiger partial charge in [-0.3, -0.25) is 0 Å². The van der Waals surface area contributed by atoms with E-state index in [0.717, 1.165) is 32.2 Å². The van der Waals surface area contributed by atoms with Crippen LogP contribution >= 0.6 is 0 Å². The average molecular weight is 286 g/mol. The maximum Gasteiger partial charge on any atom is 0.410 e. The molecule has 0 saturated heterocycles. The Bertz CT molecular complexity index is 294. The van der Waals surface area contributed by atoms with Gasteiger partial charge in [0.05, 0.1) is 6.10 Å². The van der Waals surface area contributed by atoms with Crippen molar-refractivity contribution in [2.24, 2.45) is 0 Å². The van der Waals surface area contributed by atoms with Crippen molar-refractivity contribution in [1.29, 1.82) is 0 Å². The van der Waals surface area contributed by atoms with Crippen molar-refractivity contribution in [2.75, 3.05) is 27.2 Å². The number of carbonyl (C=O) groups is 1. The van der Waals surface area contributed by atoms with E-state index in [1.54, 1.807) is 19.1 Å². The van der Waals surface area contributed by atoms with Gasteiger partial charge in [-0.05, 0) is 46.5 Å². The molecule has 1 aliphatic rings. The zero-order valence-electron chi connectivity index (χ0n) is 13.6. The molecular formula is C15H30N2O3. The summed E-state index contributed by atoms with van der Waals surface area (Å²) in [5.41, 5.74) is -0.433. The monoisotopic (exact) mass is 286 g/mol. The average Bonchev–Trinajstić information content (AvgIpc) is 2.37. The fraction of sp³-hybridized carbons (Fsp3) is 0.933. The van der Waals surface area contributed by atoms with Gasteiger partial charge in [-0.2, -0.15) is 0 Å². The number of hydrogen-bond donors (Lipinski definition) is 1. The molecule has 0 spiro atoms. The first-order chi connectivity index (χ1) is 9.31. The topological polar surface area (TPSA) is 50.8 Å². The van der Waals surface area contributed by atoms with Crippen LogP contribution < -0.4 is 5.32 Å². The Hall–Kier alpha value is -0.810. The van der Waals surface area contributed by atoms with Crippen molar-refractivity contribution in [3.05, 3.63) is 0 Å².